The minimum Gasteiger partial charge on any atom is -0.487 e. The highest BCUT2D eigenvalue weighted by Crippen LogP contribution is 2.26. The number of pyridine rings is 1. The molecule has 33 heavy (non-hydrogen) atoms. The van der Waals surface area contributed by atoms with Crippen LogP contribution < -0.4 is 10.1 Å². The minimum absolute atomic E-state index is 0.0308. The van der Waals surface area contributed by atoms with Crippen LogP contribution in [0, 0.1) is 13.8 Å². The summed E-state index contributed by atoms with van der Waals surface area (Å²) in [5, 5.41) is 4.25. The molecule has 0 radical (unpaired) electrons. The predicted molar refractivity (Wildman–Crippen MR) is 137 cm³/mol. The number of benzene rings is 2. The average molecular weight is 458 g/mol. The fourth-order valence-corrected chi connectivity index (χ4v) is 4.42. The number of carbonyl (C=O) groups is 1. The van der Waals surface area contributed by atoms with Gasteiger partial charge in [-0.15, -0.1) is 0 Å². The number of hydrogen-bond donors (Lipinski definition) is 1. The number of amidine groups is 1. The normalized spacial score (nSPS) is 13.6. The summed E-state index contributed by atoms with van der Waals surface area (Å²) in [5.74, 6) is 1.91. The Hall–Kier alpha value is -3.38. The molecule has 4 rings (SSSR count). The van der Waals surface area contributed by atoms with Crippen LogP contribution in [0.3, 0.4) is 0 Å². The first-order chi connectivity index (χ1) is 16.1. The van der Waals surface area contributed by atoms with E-state index in [0.717, 1.165) is 57.7 Å². The third-order valence-electron chi connectivity index (χ3n) is 5.22. The van der Waals surface area contributed by atoms with Crippen molar-refractivity contribution in [3.8, 4) is 5.75 Å². The van der Waals surface area contributed by atoms with Gasteiger partial charge in [-0.05, 0) is 91.6 Å². The van der Waals surface area contributed by atoms with Gasteiger partial charge in [0.05, 0.1) is 5.69 Å². The number of ether oxygens (including phenoxy) is 1. The van der Waals surface area contributed by atoms with E-state index >= 15 is 0 Å². The molecule has 1 aliphatic heterocycles. The molecule has 0 saturated carbocycles. The minimum atomic E-state index is -0.0308. The molecule has 0 unspecified atom stereocenters. The van der Waals surface area contributed by atoms with Gasteiger partial charge >= 0.3 is 0 Å². The second-order valence-electron chi connectivity index (χ2n) is 7.88. The lowest BCUT2D eigenvalue weighted by atomic mass is 10.0. The van der Waals surface area contributed by atoms with Gasteiger partial charge in [-0.1, -0.05) is 23.9 Å². The number of carbonyl (C=O) groups excluding carboxylic acids is 1. The summed E-state index contributed by atoms with van der Waals surface area (Å²) in [7, 11) is 0. The lowest BCUT2D eigenvalue weighted by Crippen LogP contribution is -2.13. The first-order valence-corrected chi connectivity index (χ1v) is 12.0. The number of allylic oxidation sites excluding steroid dienone is 1. The molecule has 0 fully saturated rings. The zero-order chi connectivity index (χ0) is 23.0. The number of thioether (sulfide) groups is 1. The Morgan fingerprint density at radius 3 is 2.58 bits per heavy atom. The zero-order valence-electron chi connectivity index (χ0n) is 18.9. The standard InChI is InChI=1S/C27H27N3O2S/c1-19-16-21(17-20(2)26(19)32-18-24-6-3-4-13-28-24)7-12-25(31)22-8-10-23(11-9-22)30-27-29-14-5-15-33-27/h3-4,6-13,16-17H,5,14-15,18H2,1-2H3,(H,29,30)/b12-7+. The number of nitrogens with one attached hydrogen (secondary N) is 1. The topological polar surface area (TPSA) is 63.6 Å². The molecule has 2 aromatic carbocycles. The molecule has 168 valence electrons. The van der Waals surface area contributed by atoms with Crippen LogP contribution in [0.2, 0.25) is 0 Å². The third kappa shape index (κ3) is 6.33. The molecule has 0 saturated heterocycles. The van der Waals surface area contributed by atoms with E-state index in [1.54, 1.807) is 24.0 Å². The van der Waals surface area contributed by atoms with Gasteiger partial charge < -0.3 is 10.1 Å². The Bertz CT molecular complexity index is 1150. The van der Waals surface area contributed by atoms with Crippen LogP contribution in [-0.4, -0.2) is 28.2 Å². The van der Waals surface area contributed by atoms with Crippen molar-refractivity contribution in [1.29, 1.82) is 0 Å². The highest BCUT2D eigenvalue weighted by molar-refractivity contribution is 8.14. The van der Waals surface area contributed by atoms with Gasteiger partial charge in [0, 0.05) is 29.7 Å². The van der Waals surface area contributed by atoms with Crippen LogP contribution in [0.25, 0.3) is 6.08 Å². The maximum absolute atomic E-state index is 12.6. The van der Waals surface area contributed by atoms with Crippen molar-refractivity contribution in [2.24, 2.45) is 4.99 Å². The molecule has 1 aliphatic rings. The SMILES string of the molecule is Cc1cc(/C=C/C(=O)c2ccc(NC3=NCCCS3)cc2)cc(C)c1OCc1ccccn1. The first-order valence-electron chi connectivity index (χ1n) is 11.0. The molecule has 1 N–H and O–H groups in total. The first kappa shape index (κ1) is 22.8. The molecule has 0 amide bonds. The molecule has 0 aliphatic carbocycles. The fraction of sp³-hybridized carbons (Fsp3) is 0.222. The van der Waals surface area contributed by atoms with Crippen molar-refractivity contribution in [3.63, 3.8) is 0 Å². The van der Waals surface area contributed by atoms with Crippen molar-refractivity contribution in [3.05, 3.63) is 94.8 Å². The summed E-state index contributed by atoms with van der Waals surface area (Å²) >= 11 is 1.73. The third-order valence-corrected chi connectivity index (χ3v) is 6.22. The number of aryl methyl sites for hydroxylation is 2. The van der Waals surface area contributed by atoms with E-state index in [0.29, 0.717) is 12.2 Å². The van der Waals surface area contributed by atoms with Crippen LogP contribution in [-0.2, 0) is 6.61 Å². The van der Waals surface area contributed by atoms with Gasteiger partial charge in [-0.25, -0.2) is 0 Å². The Morgan fingerprint density at radius 1 is 1.12 bits per heavy atom. The van der Waals surface area contributed by atoms with Crippen molar-refractivity contribution in [2.45, 2.75) is 26.9 Å². The van der Waals surface area contributed by atoms with E-state index in [1.165, 1.54) is 0 Å². The van der Waals surface area contributed by atoms with Crippen molar-refractivity contribution in [1.82, 2.24) is 4.98 Å². The van der Waals surface area contributed by atoms with E-state index in [1.807, 2.05) is 74.5 Å². The fourth-order valence-electron chi connectivity index (χ4n) is 3.58. The molecule has 0 atom stereocenters. The van der Waals surface area contributed by atoms with Gasteiger partial charge in [0.25, 0.3) is 0 Å². The van der Waals surface area contributed by atoms with E-state index in [2.05, 4.69) is 15.3 Å². The zero-order valence-corrected chi connectivity index (χ0v) is 19.7. The van der Waals surface area contributed by atoms with Gasteiger partial charge in [-0.2, -0.15) is 0 Å². The summed E-state index contributed by atoms with van der Waals surface area (Å²) in [6.45, 7) is 5.32. The van der Waals surface area contributed by atoms with Gasteiger partial charge in [0.1, 0.15) is 12.4 Å². The van der Waals surface area contributed by atoms with Crippen LogP contribution in [0.15, 0.2) is 71.9 Å². The van der Waals surface area contributed by atoms with Gasteiger partial charge in [-0.3, -0.25) is 14.8 Å². The average Bonchev–Trinajstić information content (AvgIpc) is 2.84. The Balaban J connectivity index is 1.38. The summed E-state index contributed by atoms with van der Waals surface area (Å²) in [6.07, 6.45) is 6.35. The lowest BCUT2D eigenvalue weighted by Gasteiger charge is -2.13. The van der Waals surface area contributed by atoms with E-state index in [4.69, 9.17) is 4.74 Å². The molecular weight excluding hydrogens is 430 g/mol. The number of ketones is 1. The van der Waals surface area contributed by atoms with E-state index in [-0.39, 0.29) is 5.78 Å². The highest BCUT2D eigenvalue weighted by Gasteiger charge is 2.09. The Labute approximate surface area is 199 Å². The monoisotopic (exact) mass is 457 g/mol. The quantitative estimate of drug-likeness (QED) is 0.344. The largest absolute Gasteiger partial charge is 0.487 e. The van der Waals surface area contributed by atoms with Gasteiger partial charge in [0.15, 0.2) is 11.0 Å². The summed E-state index contributed by atoms with van der Waals surface area (Å²) < 4.78 is 6.00. The number of rotatable bonds is 7. The summed E-state index contributed by atoms with van der Waals surface area (Å²) in [5.41, 5.74) is 5.50. The molecule has 2 heterocycles. The number of aromatic nitrogens is 1. The van der Waals surface area contributed by atoms with Crippen molar-refractivity contribution >= 4 is 34.5 Å². The molecule has 6 heteroatoms. The van der Waals surface area contributed by atoms with E-state index in [9.17, 15) is 4.79 Å². The smallest absolute Gasteiger partial charge is 0.185 e. The molecule has 3 aromatic rings. The predicted octanol–water partition coefficient (Wildman–Crippen LogP) is 6.08. The summed E-state index contributed by atoms with van der Waals surface area (Å²) in [6, 6.07) is 17.4. The molecular formula is C27H27N3O2S. The lowest BCUT2D eigenvalue weighted by molar-refractivity contribution is 0.104. The Morgan fingerprint density at radius 2 is 1.91 bits per heavy atom. The Kier molecular flexibility index (Phi) is 7.58. The van der Waals surface area contributed by atoms with Crippen LogP contribution in [0.5, 0.6) is 5.75 Å². The number of aliphatic imine (C=N–C) groups is 1. The molecule has 5 nitrogen and oxygen atoms in total. The van der Waals surface area contributed by atoms with Crippen LogP contribution >= 0.6 is 11.8 Å². The molecule has 1 aromatic heterocycles. The van der Waals surface area contributed by atoms with Crippen LogP contribution in [0.4, 0.5) is 5.69 Å². The second kappa shape index (κ2) is 11.0. The second-order valence-corrected chi connectivity index (χ2v) is 8.97. The number of hydrogen-bond acceptors (Lipinski definition) is 6. The maximum atomic E-state index is 12.6. The van der Waals surface area contributed by atoms with Crippen molar-refractivity contribution < 1.29 is 9.53 Å². The maximum Gasteiger partial charge on any atom is 0.185 e. The van der Waals surface area contributed by atoms with Gasteiger partial charge in [0.2, 0.25) is 0 Å². The highest BCUT2D eigenvalue weighted by atomic mass is 32.2. The van der Waals surface area contributed by atoms with Crippen LogP contribution in [0.1, 0.15) is 39.2 Å². The summed E-state index contributed by atoms with van der Waals surface area (Å²) in [4.78, 5) is 21.4. The van der Waals surface area contributed by atoms with Crippen molar-refractivity contribution in [2.75, 3.05) is 17.6 Å². The van der Waals surface area contributed by atoms with E-state index < -0.39 is 0 Å². The molecule has 0 bridgehead atoms. The number of nitrogens with zero attached hydrogens (tertiary/aromatic N) is 2. The number of anilines is 1. The molecule has 0 spiro atoms.